The molecule has 0 aliphatic carbocycles. The van der Waals surface area contributed by atoms with Crippen molar-refractivity contribution in [3.8, 4) is 0 Å². The summed E-state index contributed by atoms with van der Waals surface area (Å²) in [6, 6.07) is 8.67. The molecule has 3 fully saturated rings. The van der Waals surface area contributed by atoms with Crippen LogP contribution in [0.5, 0.6) is 0 Å². The van der Waals surface area contributed by atoms with Gasteiger partial charge in [-0.2, -0.15) is 0 Å². The van der Waals surface area contributed by atoms with Gasteiger partial charge in [-0.3, -0.25) is 9.69 Å². The van der Waals surface area contributed by atoms with Gasteiger partial charge in [0.2, 0.25) is 5.91 Å². The summed E-state index contributed by atoms with van der Waals surface area (Å²) in [5.74, 6) is 1.63. The van der Waals surface area contributed by atoms with E-state index >= 15 is 0 Å². The summed E-state index contributed by atoms with van der Waals surface area (Å²) < 4.78 is 0. The smallest absolute Gasteiger partial charge is 0.319 e. The van der Waals surface area contributed by atoms with Crippen LogP contribution in [-0.4, -0.2) is 65.9 Å². The van der Waals surface area contributed by atoms with Gasteiger partial charge >= 0.3 is 6.03 Å². The van der Waals surface area contributed by atoms with Crippen molar-refractivity contribution in [2.45, 2.75) is 59.0 Å². The van der Waals surface area contributed by atoms with Crippen LogP contribution in [0.3, 0.4) is 0 Å². The molecular formula is C26H40N4O2. The first-order chi connectivity index (χ1) is 15.5. The minimum absolute atomic E-state index is 0.00795. The number of benzene rings is 1. The molecule has 0 aromatic heterocycles. The molecule has 3 aliphatic heterocycles. The molecule has 1 aromatic carbocycles. The topological polar surface area (TPSA) is 55.9 Å². The van der Waals surface area contributed by atoms with Crippen molar-refractivity contribution in [2.24, 2.45) is 17.8 Å². The van der Waals surface area contributed by atoms with Gasteiger partial charge in [0.1, 0.15) is 0 Å². The Morgan fingerprint density at radius 3 is 2.16 bits per heavy atom. The summed E-state index contributed by atoms with van der Waals surface area (Å²) >= 11 is 0. The molecule has 6 nitrogen and oxygen atoms in total. The van der Waals surface area contributed by atoms with Crippen molar-refractivity contribution in [3.63, 3.8) is 0 Å². The Morgan fingerprint density at radius 2 is 1.50 bits per heavy atom. The van der Waals surface area contributed by atoms with Gasteiger partial charge in [-0.05, 0) is 55.1 Å². The van der Waals surface area contributed by atoms with Gasteiger partial charge in [0.15, 0.2) is 0 Å². The second-order valence-corrected chi connectivity index (χ2v) is 10.4. The number of piperidine rings is 2. The third-order valence-corrected chi connectivity index (χ3v) is 7.42. The molecule has 1 N–H and O–H groups in total. The van der Waals surface area contributed by atoms with Crippen molar-refractivity contribution in [1.29, 1.82) is 0 Å². The fraction of sp³-hybridized carbons (Fsp3) is 0.692. The molecule has 6 heteroatoms. The van der Waals surface area contributed by atoms with E-state index in [4.69, 9.17) is 0 Å². The van der Waals surface area contributed by atoms with E-state index in [0.717, 1.165) is 70.2 Å². The van der Waals surface area contributed by atoms with Crippen LogP contribution in [0, 0.1) is 17.8 Å². The van der Waals surface area contributed by atoms with Gasteiger partial charge in [0.05, 0.1) is 0 Å². The van der Waals surface area contributed by atoms with Crippen LogP contribution in [0.1, 0.15) is 57.1 Å². The molecule has 1 aromatic rings. The highest BCUT2D eigenvalue weighted by molar-refractivity contribution is 5.79. The lowest BCUT2D eigenvalue weighted by Gasteiger charge is -2.35. The fourth-order valence-corrected chi connectivity index (χ4v) is 5.81. The standard InChI is InChI=1S/C26H40N4O2/c1-20-15-21(2)18-28(17-20)19-24-8-4-3-7-23(24)16-27-25(31)22-9-13-30(14-10-22)26(32)29-11-5-6-12-29/h3-4,7-8,20-22H,5-6,9-19H2,1-2H3,(H,27,31). The highest BCUT2D eigenvalue weighted by Crippen LogP contribution is 2.24. The molecule has 3 aliphatic rings. The molecule has 3 amide bonds. The minimum atomic E-state index is 0.00795. The Kier molecular flexibility index (Phi) is 7.71. The van der Waals surface area contributed by atoms with Crippen molar-refractivity contribution < 1.29 is 9.59 Å². The van der Waals surface area contributed by atoms with E-state index in [9.17, 15) is 9.59 Å². The van der Waals surface area contributed by atoms with Gasteiger partial charge in [-0.25, -0.2) is 4.79 Å². The summed E-state index contributed by atoms with van der Waals surface area (Å²) in [6.07, 6.45) is 5.06. The zero-order valence-electron chi connectivity index (χ0n) is 19.9. The van der Waals surface area contributed by atoms with E-state index in [0.29, 0.717) is 19.6 Å². The molecule has 176 valence electrons. The van der Waals surface area contributed by atoms with Crippen molar-refractivity contribution in [3.05, 3.63) is 35.4 Å². The lowest BCUT2D eigenvalue weighted by molar-refractivity contribution is -0.126. The average Bonchev–Trinajstić information content (AvgIpc) is 3.32. The van der Waals surface area contributed by atoms with Gasteiger partial charge in [0.25, 0.3) is 0 Å². The molecule has 0 spiro atoms. The average molecular weight is 441 g/mol. The maximum Gasteiger partial charge on any atom is 0.319 e. The molecule has 32 heavy (non-hydrogen) atoms. The van der Waals surface area contributed by atoms with Crippen molar-refractivity contribution in [2.75, 3.05) is 39.3 Å². The number of likely N-dealkylation sites (tertiary alicyclic amines) is 3. The Bertz CT molecular complexity index is 774. The second-order valence-electron chi connectivity index (χ2n) is 10.4. The van der Waals surface area contributed by atoms with E-state index < -0.39 is 0 Å². The first kappa shape index (κ1) is 23.1. The molecule has 2 unspecified atom stereocenters. The highest BCUT2D eigenvalue weighted by Gasteiger charge is 2.30. The maximum absolute atomic E-state index is 12.9. The number of nitrogens with one attached hydrogen (secondary N) is 1. The van der Waals surface area contributed by atoms with Gasteiger partial charge in [-0.1, -0.05) is 38.1 Å². The second kappa shape index (κ2) is 10.7. The van der Waals surface area contributed by atoms with Crippen molar-refractivity contribution >= 4 is 11.9 Å². The number of urea groups is 1. The number of carbonyl (C=O) groups is 2. The van der Waals surface area contributed by atoms with Crippen LogP contribution in [0.15, 0.2) is 24.3 Å². The molecule has 2 atom stereocenters. The zero-order chi connectivity index (χ0) is 22.5. The van der Waals surface area contributed by atoms with Crippen LogP contribution >= 0.6 is 0 Å². The summed E-state index contributed by atoms with van der Waals surface area (Å²) in [6.45, 7) is 11.7. The predicted octanol–water partition coefficient (Wildman–Crippen LogP) is 3.71. The van der Waals surface area contributed by atoms with Crippen LogP contribution in [0.25, 0.3) is 0 Å². The maximum atomic E-state index is 12.9. The number of rotatable bonds is 5. The van der Waals surface area contributed by atoms with Crippen LogP contribution in [0.2, 0.25) is 0 Å². The molecule has 0 radical (unpaired) electrons. The summed E-state index contributed by atoms with van der Waals surface area (Å²) in [5, 5.41) is 3.19. The Morgan fingerprint density at radius 1 is 0.906 bits per heavy atom. The van der Waals surface area contributed by atoms with Crippen LogP contribution in [-0.2, 0) is 17.9 Å². The summed E-state index contributed by atoms with van der Waals surface area (Å²) in [4.78, 5) is 31.9. The van der Waals surface area contributed by atoms with E-state index in [1.54, 1.807) is 0 Å². The Labute approximate surface area is 193 Å². The molecule has 3 heterocycles. The van der Waals surface area contributed by atoms with E-state index in [1.165, 1.54) is 17.5 Å². The number of hydrogen-bond acceptors (Lipinski definition) is 3. The van der Waals surface area contributed by atoms with E-state index in [-0.39, 0.29) is 17.9 Å². The third kappa shape index (κ3) is 5.83. The van der Waals surface area contributed by atoms with Gasteiger partial charge in [0, 0.05) is 58.3 Å². The normalized spacial score (nSPS) is 25.2. The fourth-order valence-electron chi connectivity index (χ4n) is 5.81. The first-order valence-corrected chi connectivity index (χ1v) is 12.6. The van der Waals surface area contributed by atoms with E-state index in [2.05, 4.69) is 48.3 Å². The molecule has 4 rings (SSSR count). The highest BCUT2D eigenvalue weighted by atomic mass is 16.2. The number of carbonyl (C=O) groups excluding carboxylic acids is 2. The summed E-state index contributed by atoms with van der Waals surface area (Å²) in [7, 11) is 0. The Hall–Kier alpha value is -2.08. The largest absolute Gasteiger partial charge is 0.352 e. The van der Waals surface area contributed by atoms with Gasteiger partial charge < -0.3 is 15.1 Å². The quantitative estimate of drug-likeness (QED) is 0.759. The number of hydrogen-bond donors (Lipinski definition) is 1. The SMILES string of the molecule is CC1CC(C)CN(Cc2ccccc2CNC(=O)C2CCN(C(=O)N3CCCC3)CC2)C1. The zero-order valence-corrected chi connectivity index (χ0v) is 19.9. The van der Waals surface area contributed by atoms with Crippen molar-refractivity contribution in [1.82, 2.24) is 20.0 Å². The van der Waals surface area contributed by atoms with Gasteiger partial charge in [-0.15, -0.1) is 0 Å². The Balaban J connectivity index is 1.26. The predicted molar refractivity (Wildman–Crippen MR) is 127 cm³/mol. The number of nitrogens with zero attached hydrogens (tertiary/aromatic N) is 3. The van der Waals surface area contributed by atoms with Crippen LogP contribution in [0.4, 0.5) is 4.79 Å². The van der Waals surface area contributed by atoms with Crippen LogP contribution < -0.4 is 5.32 Å². The number of amides is 3. The lowest BCUT2D eigenvalue weighted by Crippen LogP contribution is -2.47. The summed E-state index contributed by atoms with van der Waals surface area (Å²) in [5.41, 5.74) is 2.54. The monoisotopic (exact) mass is 440 g/mol. The first-order valence-electron chi connectivity index (χ1n) is 12.6. The minimum Gasteiger partial charge on any atom is -0.352 e. The molecule has 0 saturated carbocycles. The van der Waals surface area contributed by atoms with E-state index in [1.807, 2.05) is 9.80 Å². The third-order valence-electron chi connectivity index (χ3n) is 7.42. The molecular weight excluding hydrogens is 400 g/mol. The molecule has 3 saturated heterocycles. The lowest BCUT2D eigenvalue weighted by atomic mass is 9.91. The molecule has 0 bridgehead atoms.